The van der Waals surface area contributed by atoms with Gasteiger partial charge in [0.2, 0.25) is 10.0 Å². The summed E-state index contributed by atoms with van der Waals surface area (Å²) >= 11 is 0. The molecule has 0 saturated heterocycles. The first-order valence-electron chi connectivity index (χ1n) is 6.35. The van der Waals surface area contributed by atoms with Crippen molar-refractivity contribution in [2.75, 3.05) is 18.8 Å². The first-order valence-corrected chi connectivity index (χ1v) is 8.00. The summed E-state index contributed by atoms with van der Waals surface area (Å²) in [5, 5.41) is 3.03. The van der Waals surface area contributed by atoms with Crippen molar-refractivity contribution < 1.29 is 8.42 Å². The molecular weight excluding hydrogens is 224 g/mol. The summed E-state index contributed by atoms with van der Waals surface area (Å²) in [6, 6.07) is 0.175. The summed E-state index contributed by atoms with van der Waals surface area (Å²) in [4.78, 5) is 0. The largest absolute Gasteiger partial charge is 0.316 e. The van der Waals surface area contributed by atoms with Gasteiger partial charge in [0.25, 0.3) is 0 Å². The highest BCUT2D eigenvalue weighted by Crippen LogP contribution is 2.17. The summed E-state index contributed by atoms with van der Waals surface area (Å²) in [6.07, 6.45) is 6.80. The molecule has 1 aliphatic carbocycles. The number of hydrogen-bond donors (Lipinski definition) is 2. The second kappa shape index (κ2) is 7.25. The fraction of sp³-hybridized carbons (Fsp3) is 1.00. The molecular formula is C11H24N2O2S. The van der Waals surface area contributed by atoms with Crippen molar-refractivity contribution in [3.63, 3.8) is 0 Å². The molecule has 1 rings (SSSR count). The van der Waals surface area contributed by atoms with Crippen LogP contribution in [0.25, 0.3) is 0 Å². The summed E-state index contributed by atoms with van der Waals surface area (Å²) in [5.74, 6) is 0.192. The van der Waals surface area contributed by atoms with Crippen LogP contribution >= 0.6 is 0 Å². The summed E-state index contributed by atoms with van der Waals surface area (Å²) in [6.45, 7) is 3.34. The van der Waals surface area contributed by atoms with Crippen LogP contribution in [-0.2, 0) is 10.0 Å². The van der Waals surface area contributed by atoms with Gasteiger partial charge in [-0.3, -0.25) is 0 Å². The van der Waals surface area contributed by atoms with Gasteiger partial charge in [0.1, 0.15) is 0 Å². The van der Waals surface area contributed by atoms with Gasteiger partial charge in [0.15, 0.2) is 0 Å². The standard InChI is InChI=1S/C11H24N2O2S/c1-2-12-9-10-16(14,15)13-11-7-5-3-4-6-8-11/h11-13H,2-10H2,1H3. The van der Waals surface area contributed by atoms with E-state index in [1.165, 1.54) is 12.8 Å². The molecule has 0 heterocycles. The molecule has 16 heavy (non-hydrogen) atoms. The Hall–Kier alpha value is -0.130. The fourth-order valence-corrected chi connectivity index (χ4v) is 3.37. The third kappa shape index (κ3) is 5.82. The van der Waals surface area contributed by atoms with E-state index in [4.69, 9.17) is 0 Å². The first kappa shape index (κ1) is 13.9. The molecule has 0 atom stereocenters. The predicted molar refractivity (Wildman–Crippen MR) is 67.0 cm³/mol. The van der Waals surface area contributed by atoms with Crippen LogP contribution in [0, 0.1) is 0 Å². The Morgan fingerprint density at radius 2 is 1.75 bits per heavy atom. The van der Waals surface area contributed by atoms with Gasteiger partial charge in [0, 0.05) is 12.6 Å². The minimum absolute atomic E-state index is 0.175. The normalized spacial score (nSPS) is 19.6. The molecule has 1 saturated carbocycles. The van der Waals surface area contributed by atoms with Gasteiger partial charge >= 0.3 is 0 Å². The third-order valence-electron chi connectivity index (χ3n) is 3.00. The Morgan fingerprint density at radius 1 is 1.12 bits per heavy atom. The van der Waals surface area contributed by atoms with Gasteiger partial charge in [-0.1, -0.05) is 32.6 Å². The molecule has 1 aliphatic rings. The zero-order valence-corrected chi connectivity index (χ0v) is 11.0. The molecule has 4 nitrogen and oxygen atoms in total. The van der Waals surface area contributed by atoms with E-state index < -0.39 is 10.0 Å². The van der Waals surface area contributed by atoms with Crippen LogP contribution in [0.3, 0.4) is 0 Å². The second-order valence-electron chi connectivity index (χ2n) is 4.48. The lowest BCUT2D eigenvalue weighted by Gasteiger charge is -2.16. The highest BCUT2D eigenvalue weighted by molar-refractivity contribution is 7.89. The average molecular weight is 248 g/mol. The lowest BCUT2D eigenvalue weighted by atomic mass is 10.1. The summed E-state index contributed by atoms with van der Waals surface area (Å²) in [5.41, 5.74) is 0. The van der Waals surface area contributed by atoms with Gasteiger partial charge in [-0.05, 0) is 19.4 Å². The Balaban J connectivity index is 2.32. The average Bonchev–Trinajstić information content (AvgIpc) is 2.46. The molecule has 96 valence electrons. The number of nitrogens with one attached hydrogen (secondary N) is 2. The van der Waals surface area contributed by atoms with E-state index in [1.54, 1.807) is 0 Å². The van der Waals surface area contributed by atoms with Crippen molar-refractivity contribution in [3.05, 3.63) is 0 Å². The van der Waals surface area contributed by atoms with Crippen LogP contribution in [0.1, 0.15) is 45.4 Å². The smallest absolute Gasteiger partial charge is 0.213 e. The molecule has 5 heteroatoms. The van der Waals surface area contributed by atoms with Crippen LogP contribution in [0.2, 0.25) is 0 Å². The molecule has 0 amide bonds. The third-order valence-corrected chi connectivity index (χ3v) is 4.43. The number of sulfonamides is 1. The minimum atomic E-state index is -3.08. The Bertz CT molecular complexity index is 270. The second-order valence-corrected chi connectivity index (χ2v) is 6.35. The molecule has 0 aromatic rings. The molecule has 0 radical (unpaired) electrons. The van der Waals surface area contributed by atoms with E-state index in [2.05, 4.69) is 10.0 Å². The van der Waals surface area contributed by atoms with Crippen LogP contribution in [0.4, 0.5) is 0 Å². The topological polar surface area (TPSA) is 58.2 Å². The van der Waals surface area contributed by atoms with E-state index in [-0.39, 0.29) is 11.8 Å². The molecule has 0 aromatic carbocycles. The maximum Gasteiger partial charge on any atom is 0.213 e. The Kier molecular flexibility index (Phi) is 6.31. The maximum atomic E-state index is 11.7. The lowest BCUT2D eigenvalue weighted by molar-refractivity contribution is 0.508. The molecule has 0 aliphatic heterocycles. The zero-order valence-electron chi connectivity index (χ0n) is 10.2. The molecule has 0 spiro atoms. The Labute approximate surface area is 99.2 Å². The van der Waals surface area contributed by atoms with E-state index in [1.807, 2.05) is 6.92 Å². The van der Waals surface area contributed by atoms with Crippen LogP contribution in [0.15, 0.2) is 0 Å². The highest BCUT2D eigenvalue weighted by Gasteiger charge is 2.18. The van der Waals surface area contributed by atoms with Crippen molar-refractivity contribution >= 4 is 10.0 Å². The predicted octanol–water partition coefficient (Wildman–Crippen LogP) is 1.24. The fourth-order valence-electron chi connectivity index (χ4n) is 2.09. The molecule has 0 bridgehead atoms. The van der Waals surface area contributed by atoms with Crippen molar-refractivity contribution in [2.24, 2.45) is 0 Å². The first-order chi connectivity index (χ1) is 7.64. The van der Waals surface area contributed by atoms with Gasteiger partial charge in [-0.2, -0.15) is 0 Å². The quantitative estimate of drug-likeness (QED) is 0.549. The SMILES string of the molecule is CCNCCS(=O)(=O)NC1CCCCCC1. The van der Waals surface area contributed by atoms with Crippen LogP contribution < -0.4 is 10.0 Å². The summed E-state index contributed by atoms with van der Waals surface area (Å²) in [7, 11) is -3.08. The minimum Gasteiger partial charge on any atom is -0.316 e. The zero-order chi connectivity index (χ0) is 11.9. The highest BCUT2D eigenvalue weighted by atomic mass is 32.2. The summed E-state index contributed by atoms with van der Waals surface area (Å²) < 4.78 is 26.3. The van der Waals surface area contributed by atoms with Gasteiger partial charge in [-0.15, -0.1) is 0 Å². The number of hydrogen-bond acceptors (Lipinski definition) is 3. The van der Waals surface area contributed by atoms with Crippen LogP contribution in [0.5, 0.6) is 0 Å². The Morgan fingerprint density at radius 3 is 2.31 bits per heavy atom. The van der Waals surface area contributed by atoms with Crippen molar-refractivity contribution in [3.8, 4) is 0 Å². The van der Waals surface area contributed by atoms with Gasteiger partial charge < -0.3 is 5.32 Å². The monoisotopic (exact) mass is 248 g/mol. The maximum absolute atomic E-state index is 11.7. The number of rotatable bonds is 6. The van der Waals surface area contributed by atoms with E-state index in [9.17, 15) is 8.42 Å². The van der Waals surface area contributed by atoms with E-state index in [0.717, 1.165) is 32.2 Å². The molecule has 2 N–H and O–H groups in total. The van der Waals surface area contributed by atoms with Crippen molar-refractivity contribution in [1.29, 1.82) is 0 Å². The van der Waals surface area contributed by atoms with Gasteiger partial charge in [0.05, 0.1) is 5.75 Å². The molecule has 0 aromatic heterocycles. The lowest BCUT2D eigenvalue weighted by Crippen LogP contribution is -2.38. The van der Waals surface area contributed by atoms with E-state index in [0.29, 0.717) is 6.54 Å². The van der Waals surface area contributed by atoms with E-state index >= 15 is 0 Å². The van der Waals surface area contributed by atoms with Crippen molar-refractivity contribution in [2.45, 2.75) is 51.5 Å². The van der Waals surface area contributed by atoms with Gasteiger partial charge in [-0.25, -0.2) is 13.1 Å². The molecule has 0 unspecified atom stereocenters. The van der Waals surface area contributed by atoms with Crippen LogP contribution in [-0.4, -0.2) is 33.3 Å². The molecule has 1 fully saturated rings. The van der Waals surface area contributed by atoms with Crippen molar-refractivity contribution in [1.82, 2.24) is 10.0 Å².